The van der Waals surface area contributed by atoms with E-state index in [4.69, 9.17) is 4.52 Å². The minimum Gasteiger partial charge on any atom is -0.388 e. The topological polar surface area (TPSA) is 88.2 Å². The Kier molecular flexibility index (Phi) is 5.44. The number of nitrogens with one attached hydrogen (secondary N) is 1. The van der Waals surface area contributed by atoms with Crippen molar-refractivity contribution < 1.29 is 18.8 Å². The fraction of sp³-hybridized carbons (Fsp3) is 0.438. The summed E-state index contributed by atoms with van der Waals surface area (Å²) in [6.45, 7) is 5.51. The normalized spacial score (nSPS) is 13.8. The first-order valence-corrected chi connectivity index (χ1v) is 7.40. The molecule has 1 aromatic carbocycles. The summed E-state index contributed by atoms with van der Waals surface area (Å²) in [6, 6.07) is 5.11. The summed E-state index contributed by atoms with van der Waals surface area (Å²) in [5, 5.41) is 16.6. The summed E-state index contributed by atoms with van der Waals surface area (Å²) in [6.07, 6.45) is -1.26. The molecule has 2 unspecified atom stereocenters. The van der Waals surface area contributed by atoms with Crippen LogP contribution in [0.1, 0.15) is 49.7 Å². The van der Waals surface area contributed by atoms with E-state index in [-0.39, 0.29) is 18.2 Å². The molecule has 6 nitrogen and oxygen atoms in total. The van der Waals surface area contributed by atoms with E-state index in [1.54, 1.807) is 13.0 Å². The second-order valence-corrected chi connectivity index (χ2v) is 5.74. The van der Waals surface area contributed by atoms with E-state index >= 15 is 0 Å². The van der Waals surface area contributed by atoms with Gasteiger partial charge in [-0.1, -0.05) is 31.1 Å². The molecule has 124 valence electrons. The second kappa shape index (κ2) is 7.32. The van der Waals surface area contributed by atoms with Crippen LogP contribution in [0.4, 0.5) is 4.39 Å². The summed E-state index contributed by atoms with van der Waals surface area (Å²) in [4.78, 5) is 16.3. The Morgan fingerprint density at radius 1 is 1.43 bits per heavy atom. The minimum atomic E-state index is -1.08. The van der Waals surface area contributed by atoms with Crippen LogP contribution in [0.25, 0.3) is 0 Å². The highest BCUT2D eigenvalue weighted by Crippen LogP contribution is 2.22. The number of aromatic nitrogens is 2. The summed E-state index contributed by atoms with van der Waals surface area (Å²) in [7, 11) is 0. The summed E-state index contributed by atoms with van der Waals surface area (Å²) in [5.41, 5.74) is 0.356. The van der Waals surface area contributed by atoms with Gasteiger partial charge < -0.3 is 14.9 Å². The number of hydrogen-bond donors (Lipinski definition) is 2. The van der Waals surface area contributed by atoms with Crippen molar-refractivity contribution in [1.29, 1.82) is 0 Å². The first kappa shape index (κ1) is 17.1. The zero-order chi connectivity index (χ0) is 17.0. The highest BCUT2D eigenvalue weighted by Gasteiger charge is 2.25. The third-order valence-corrected chi connectivity index (χ3v) is 3.40. The predicted molar refractivity (Wildman–Crippen MR) is 80.7 cm³/mol. The van der Waals surface area contributed by atoms with E-state index < -0.39 is 18.0 Å². The Balaban J connectivity index is 2.02. The molecule has 23 heavy (non-hydrogen) atoms. The molecule has 0 bridgehead atoms. The van der Waals surface area contributed by atoms with E-state index in [0.717, 1.165) is 0 Å². The Labute approximate surface area is 133 Å². The van der Waals surface area contributed by atoms with Crippen molar-refractivity contribution >= 4 is 5.91 Å². The minimum absolute atomic E-state index is 0.0325. The molecular formula is C16H20FN3O3. The molecule has 0 radical (unpaired) electrons. The molecule has 2 aromatic rings. The van der Waals surface area contributed by atoms with Gasteiger partial charge >= 0.3 is 0 Å². The van der Waals surface area contributed by atoms with Gasteiger partial charge in [-0.15, -0.1) is 0 Å². The average Bonchev–Trinajstić information content (AvgIpc) is 2.90. The van der Waals surface area contributed by atoms with E-state index in [1.165, 1.54) is 18.2 Å². The molecule has 0 saturated heterocycles. The smallest absolute Gasteiger partial charge is 0.249 e. The molecule has 0 aliphatic rings. The molecule has 7 heteroatoms. The lowest BCUT2D eigenvalue weighted by Gasteiger charge is -2.19. The SMILES string of the molecule is Cc1noc(C(NC(=O)CC(O)c2cccc(F)c2)C(C)C)n1. The maximum Gasteiger partial charge on any atom is 0.249 e. The van der Waals surface area contributed by atoms with Gasteiger partial charge in [0, 0.05) is 0 Å². The van der Waals surface area contributed by atoms with Gasteiger partial charge in [-0.3, -0.25) is 4.79 Å². The maximum atomic E-state index is 13.2. The van der Waals surface area contributed by atoms with Gasteiger partial charge in [0.25, 0.3) is 0 Å². The number of benzene rings is 1. The van der Waals surface area contributed by atoms with Crippen molar-refractivity contribution in [1.82, 2.24) is 15.5 Å². The number of amides is 1. The number of aryl methyl sites for hydroxylation is 1. The van der Waals surface area contributed by atoms with Crippen LogP contribution in [0.5, 0.6) is 0 Å². The quantitative estimate of drug-likeness (QED) is 0.853. The number of carbonyl (C=O) groups excluding carboxylic acids is 1. The number of rotatable bonds is 6. The Morgan fingerprint density at radius 3 is 2.74 bits per heavy atom. The van der Waals surface area contributed by atoms with Gasteiger partial charge in [0.2, 0.25) is 11.8 Å². The van der Waals surface area contributed by atoms with Crippen LogP contribution in [0, 0.1) is 18.7 Å². The predicted octanol–water partition coefficient (Wildman–Crippen LogP) is 2.45. The van der Waals surface area contributed by atoms with E-state index in [2.05, 4.69) is 15.5 Å². The number of nitrogens with zero attached hydrogens (tertiary/aromatic N) is 2. The van der Waals surface area contributed by atoms with Crippen LogP contribution < -0.4 is 5.32 Å². The molecule has 2 N–H and O–H groups in total. The van der Waals surface area contributed by atoms with Crippen molar-refractivity contribution in [2.24, 2.45) is 5.92 Å². The third kappa shape index (κ3) is 4.59. The van der Waals surface area contributed by atoms with Gasteiger partial charge in [-0.05, 0) is 30.5 Å². The van der Waals surface area contributed by atoms with Gasteiger partial charge in [-0.25, -0.2) is 4.39 Å². The third-order valence-electron chi connectivity index (χ3n) is 3.40. The van der Waals surface area contributed by atoms with Gasteiger partial charge in [0.05, 0.1) is 12.5 Å². The monoisotopic (exact) mass is 321 g/mol. The van der Waals surface area contributed by atoms with E-state index in [1.807, 2.05) is 13.8 Å². The molecule has 0 spiro atoms. The van der Waals surface area contributed by atoms with Crippen LogP contribution in [0.2, 0.25) is 0 Å². The Morgan fingerprint density at radius 2 is 2.17 bits per heavy atom. The number of hydrogen-bond acceptors (Lipinski definition) is 5. The fourth-order valence-electron chi connectivity index (χ4n) is 2.19. The molecule has 0 aliphatic carbocycles. The zero-order valence-corrected chi connectivity index (χ0v) is 13.3. The molecule has 1 amide bonds. The highest BCUT2D eigenvalue weighted by atomic mass is 19.1. The first-order valence-electron chi connectivity index (χ1n) is 7.40. The van der Waals surface area contributed by atoms with Gasteiger partial charge in [-0.2, -0.15) is 4.98 Å². The molecule has 0 aliphatic heterocycles. The highest BCUT2D eigenvalue weighted by molar-refractivity contribution is 5.77. The van der Waals surface area contributed by atoms with Crippen molar-refractivity contribution in [3.8, 4) is 0 Å². The Hall–Kier alpha value is -2.28. The zero-order valence-electron chi connectivity index (χ0n) is 13.3. The fourth-order valence-corrected chi connectivity index (χ4v) is 2.19. The van der Waals surface area contributed by atoms with Crippen LogP contribution in [-0.2, 0) is 4.79 Å². The lowest BCUT2D eigenvalue weighted by molar-refractivity contribution is -0.124. The van der Waals surface area contributed by atoms with Gasteiger partial charge in [0.15, 0.2) is 5.82 Å². The number of aliphatic hydroxyl groups is 1. The van der Waals surface area contributed by atoms with E-state index in [9.17, 15) is 14.3 Å². The van der Waals surface area contributed by atoms with Crippen LogP contribution in [0.15, 0.2) is 28.8 Å². The van der Waals surface area contributed by atoms with Crippen molar-refractivity contribution in [2.45, 2.75) is 39.3 Å². The summed E-state index contributed by atoms with van der Waals surface area (Å²) < 4.78 is 18.3. The first-order chi connectivity index (χ1) is 10.9. The standard InChI is InChI=1S/C16H20FN3O3/c1-9(2)15(16-18-10(3)20-23-16)19-14(22)8-13(21)11-5-4-6-12(17)7-11/h4-7,9,13,15,21H,8H2,1-3H3,(H,19,22). The van der Waals surface area contributed by atoms with Crippen LogP contribution >= 0.6 is 0 Å². The maximum absolute atomic E-state index is 13.2. The van der Waals surface area contributed by atoms with Crippen molar-refractivity contribution in [3.63, 3.8) is 0 Å². The lowest BCUT2D eigenvalue weighted by Crippen LogP contribution is -2.32. The molecule has 0 saturated carbocycles. The number of halogens is 1. The summed E-state index contributed by atoms with van der Waals surface area (Å²) >= 11 is 0. The van der Waals surface area contributed by atoms with Crippen LogP contribution in [0.3, 0.4) is 0 Å². The molecule has 0 fully saturated rings. The Bertz CT molecular complexity index is 672. The molecule has 1 aromatic heterocycles. The largest absolute Gasteiger partial charge is 0.388 e. The summed E-state index contributed by atoms with van der Waals surface area (Å²) in [5.74, 6) is 0.00978. The second-order valence-electron chi connectivity index (χ2n) is 5.74. The van der Waals surface area contributed by atoms with Gasteiger partial charge in [0.1, 0.15) is 11.9 Å². The number of carbonyl (C=O) groups is 1. The molecule has 1 heterocycles. The number of aliphatic hydroxyl groups excluding tert-OH is 1. The van der Waals surface area contributed by atoms with Crippen molar-refractivity contribution in [3.05, 3.63) is 47.4 Å². The molecule has 2 rings (SSSR count). The molecular weight excluding hydrogens is 301 g/mol. The van der Waals surface area contributed by atoms with Crippen LogP contribution in [-0.4, -0.2) is 21.2 Å². The van der Waals surface area contributed by atoms with E-state index in [0.29, 0.717) is 17.3 Å². The average molecular weight is 321 g/mol. The molecule has 2 atom stereocenters. The van der Waals surface area contributed by atoms with Crippen molar-refractivity contribution in [2.75, 3.05) is 0 Å². The lowest BCUT2D eigenvalue weighted by atomic mass is 10.0.